The summed E-state index contributed by atoms with van der Waals surface area (Å²) in [5, 5.41) is 4.01. The Morgan fingerprint density at radius 1 is 1.00 bits per heavy atom. The summed E-state index contributed by atoms with van der Waals surface area (Å²) in [6, 6.07) is 18.7. The smallest absolute Gasteiger partial charge is 0.171 e. The molecule has 0 saturated heterocycles. The van der Waals surface area contributed by atoms with Gasteiger partial charge < -0.3 is 13.8 Å². The van der Waals surface area contributed by atoms with Crippen molar-refractivity contribution >= 4 is 0 Å². The molecule has 2 heterocycles. The van der Waals surface area contributed by atoms with Crippen molar-refractivity contribution in [3.63, 3.8) is 0 Å². The maximum atomic E-state index is 5.58. The van der Waals surface area contributed by atoms with E-state index in [0.717, 1.165) is 35.6 Å². The molecule has 0 N–H and O–H groups in total. The minimum absolute atomic E-state index is 0.851. The van der Waals surface area contributed by atoms with Gasteiger partial charge in [-0.2, -0.15) is 0 Å². The van der Waals surface area contributed by atoms with E-state index < -0.39 is 0 Å². The molecule has 2 aromatic heterocycles. The molecule has 0 unspecified atom stereocenters. The summed E-state index contributed by atoms with van der Waals surface area (Å²) in [7, 11) is 1.68. The number of fused-ring (bicyclic) bond motifs is 3. The van der Waals surface area contributed by atoms with Crippen molar-refractivity contribution in [1.82, 2.24) is 9.72 Å². The monoisotopic (exact) mass is 342 g/mol. The predicted molar refractivity (Wildman–Crippen MR) is 101 cm³/mol. The van der Waals surface area contributed by atoms with Gasteiger partial charge in [0.25, 0.3) is 0 Å². The van der Waals surface area contributed by atoms with E-state index in [2.05, 4.69) is 52.3 Å². The summed E-state index contributed by atoms with van der Waals surface area (Å²) in [6.07, 6.45) is 5.95. The first-order valence-electron chi connectivity index (χ1n) is 8.73. The molecule has 0 saturated carbocycles. The maximum Gasteiger partial charge on any atom is 0.171 e. The number of nitrogens with zero attached hydrogens (tertiary/aromatic N) is 2. The highest BCUT2D eigenvalue weighted by molar-refractivity contribution is 5.80. The van der Waals surface area contributed by atoms with Crippen molar-refractivity contribution in [3.05, 3.63) is 78.1 Å². The minimum atomic E-state index is 0.851. The van der Waals surface area contributed by atoms with Crippen LogP contribution in [-0.2, 0) is 12.8 Å². The van der Waals surface area contributed by atoms with Crippen molar-refractivity contribution in [1.29, 1.82) is 0 Å². The standard InChI is InChI=1S/C22H18N2O2/c1-25-18-10-8-17(9-11-18)24-14-20-19(12-7-16-13-23-26-22(16)20)21(24)15-5-3-2-4-6-15/h2-6,8-11,13-14H,7,12H2,1H3. The molecule has 4 heteroatoms. The molecule has 1 aliphatic rings. The van der Waals surface area contributed by atoms with Gasteiger partial charge in [-0.3, -0.25) is 0 Å². The Labute approximate surface area is 151 Å². The zero-order chi connectivity index (χ0) is 17.5. The van der Waals surface area contributed by atoms with Crippen LogP contribution < -0.4 is 4.74 Å². The van der Waals surface area contributed by atoms with Crippen LogP contribution in [0.4, 0.5) is 0 Å². The van der Waals surface area contributed by atoms with E-state index in [-0.39, 0.29) is 0 Å². The molecule has 0 fully saturated rings. The highest BCUT2D eigenvalue weighted by Crippen LogP contribution is 2.41. The van der Waals surface area contributed by atoms with Gasteiger partial charge in [0.05, 0.1) is 19.0 Å². The molecule has 4 nitrogen and oxygen atoms in total. The molecule has 128 valence electrons. The summed E-state index contributed by atoms with van der Waals surface area (Å²) in [4.78, 5) is 0. The molecule has 0 bridgehead atoms. The van der Waals surface area contributed by atoms with E-state index in [0.29, 0.717) is 0 Å². The fraction of sp³-hybridized carbons (Fsp3) is 0.136. The summed E-state index contributed by atoms with van der Waals surface area (Å²) in [5.41, 5.74) is 7.15. The molecular formula is C22H18N2O2. The lowest BCUT2D eigenvalue weighted by molar-refractivity contribution is 0.415. The van der Waals surface area contributed by atoms with Gasteiger partial charge in [-0.1, -0.05) is 35.5 Å². The fourth-order valence-corrected chi connectivity index (χ4v) is 3.77. The van der Waals surface area contributed by atoms with Gasteiger partial charge in [0, 0.05) is 23.0 Å². The van der Waals surface area contributed by atoms with Crippen LogP contribution in [0.3, 0.4) is 0 Å². The molecule has 0 atom stereocenters. The van der Waals surface area contributed by atoms with Crippen LogP contribution >= 0.6 is 0 Å². The lowest BCUT2D eigenvalue weighted by atomic mass is 9.91. The van der Waals surface area contributed by atoms with Crippen molar-refractivity contribution < 1.29 is 9.26 Å². The number of ether oxygens (including phenoxy) is 1. The summed E-state index contributed by atoms with van der Waals surface area (Å²) in [6.45, 7) is 0. The van der Waals surface area contributed by atoms with Crippen LogP contribution in [0.2, 0.25) is 0 Å². The average molecular weight is 342 g/mol. The molecule has 5 rings (SSSR count). The third-order valence-electron chi connectivity index (χ3n) is 5.04. The molecule has 0 amide bonds. The van der Waals surface area contributed by atoms with Gasteiger partial charge in [0.1, 0.15) is 5.75 Å². The van der Waals surface area contributed by atoms with Crippen LogP contribution in [-0.4, -0.2) is 16.8 Å². The SMILES string of the molecule is COc1ccc(-n2cc3c(c2-c2ccccc2)CCc2cnoc2-3)cc1. The lowest BCUT2D eigenvalue weighted by Gasteiger charge is -2.14. The molecule has 0 radical (unpaired) electrons. The zero-order valence-corrected chi connectivity index (χ0v) is 14.5. The second kappa shape index (κ2) is 5.92. The Morgan fingerprint density at radius 3 is 2.58 bits per heavy atom. The Morgan fingerprint density at radius 2 is 1.81 bits per heavy atom. The van der Waals surface area contributed by atoms with Gasteiger partial charge >= 0.3 is 0 Å². The molecule has 2 aromatic carbocycles. The first kappa shape index (κ1) is 15.0. The Kier molecular flexibility index (Phi) is 3.42. The van der Waals surface area contributed by atoms with E-state index in [1.54, 1.807) is 7.11 Å². The first-order chi connectivity index (χ1) is 12.8. The zero-order valence-electron chi connectivity index (χ0n) is 14.5. The summed E-state index contributed by atoms with van der Waals surface area (Å²) in [5.74, 6) is 1.75. The average Bonchev–Trinajstić information content (AvgIpc) is 3.33. The highest BCUT2D eigenvalue weighted by Gasteiger charge is 2.27. The van der Waals surface area contributed by atoms with E-state index in [9.17, 15) is 0 Å². The largest absolute Gasteiger partial charge is 0.497 e. The molecule has 26 heavy (non-hydrogen) atoms. The van der Waals surface area contributed by atoms with Crippen LogP contribution in [0.1, 0.15) is 11.1 Å². The molecule has 0 aliphatic heterocycles. The summed E-state index contributed by atoms with van der Waals surface area (Å²) >= 11 is 0. The maximum absolute atomic E-state index is 5.58. The number of aryl methyl sites for hydroxylation is 1. The van der Waals surface area contributed by atoms with Gasteiger partial charge in [0.15, 0.2) is 5.76 Å². The van der Waals surface area contributed by atoms with Crippen molar-refractivity contribution in [2.45, 2.75) is 12.8 Å². The quantitative estimate of drug-likeness (QED) is 0.531. The number of aromatic nitrogens is 2. The van der Waals surface area contributed by atoms with Crippen molar-refractivity contribution in [3.8, 4) is 34.0 Å². The van der Waals surface area contributed by atoms with Gasteiger partial charge in [0.2, 0.25) is 0 Å². The molecule has 0 spiro atoms. The number of benzene rings is 2. The molecule has 4 aromatic rings. The predicted octanol–water partition coefficient (Wildman–Crippen LogP) is 4.91. The van der Waals surface area contributed by atoms with Crippen LogP contribution in [0.25, 0.3) is 28.3 Å². The van der Waals surface area contributed by atoms with Gasteiger partial charge in [-0.25, -0.2) is 0 Å². The van der Waals surface area contributed by atoms with E-state index in [1.165, 1.54) is 22.4 Å². The second-order valence-electron chi connectivity index (χ2n) is 6.48. The van der Waals surface area contributed by atoms with Crippen LogP contribution in [0, 0.1) is 0 Å². The second-order valence-corrected chi connectivity index (χ2v) is 6.48. The van der Waals surface area contributed by atoms with Crippen LogP contribution in [0.5, 0.6) is 5.75 Å². The first-order valence-corrected chi connectivity index (χ1v) is 8.73. The van der Waals surface area contributed by atoms with Crippen LogP contribution in [0.15, 0.2) is 71.5 Å². The highest BCUT2D eigenvalue weighted by atomic mass is 16.5. The lowest BCUT2D eigenvalue weighted by Crippen LogP contribution is -2.01. The van der Waals surface area contributed by atoms with Gasteiger partial charge in [-0.15, -0.1) is 0 Å². The molecular weight excluding hydrogens is 324 g/mol. The molecule has 1 aliphatic carbocycles. The van der Waals surface area contributed by atoms with Gasteiger partial charge in [-0.05, 0) is 48.2 Å². The number of hydrogen-bond donors (Lipinski definition) is 0. The van der Waals surface area contributed by atoms with Crippen molar-refractivity contribution in [2.75, 3.05) is 7.11 Å². The minimum Gasteiger partial charge on any atom is -0.497 e. The number of methoxy groups -OCH3 is 1. The van der Waals surface area contributed by atoms with E-state index in [1.807, 2.05) is 24.4 Å². The summed E-state index contributed by atoms with van der Waals surface area (Å²) < 4.78 is 13.1. The van der Waals surface area contributed by atoms with E-state index >= 15 is 0 Å². The Bertz CT molecular complexity index is 1060. The Balaban J connectivity index is 1.76. The number of hydrogen-bond acceptors (Lipinski definition) is 3. The third kappa shape index (κ3) is 2.26. The third-order valence-corrected chi connectivity index (χ3v) is 5.04. The number of rotatable bonds is 3. The van der Waals surface area contributed by atoms with E-state index in [4.69, 9.17) is 9.26 Å². The van der Waals surface area contributed by atoms with Crippen molar-refractivity contribution in [2.24, 2.45) is 0 Å². The topological polar surface area (TPSA) is 40.2 Å². The fourth-order valence-electron chi connectivity index (χ4n) is 3.77. The normalized spacial score (nSPS) is 12.5. The Hall–Kier alpha value is -3.27.